The van der Waals surface area contributed by atoms with Crippen molar-refractivity contribution in [1.29, 1.82) is 0 Å². The molecule has 0 unspecified atom stereocenters. The average molecular weight is 534 g/mol. The minimum atomic E-state index is 0.877. The molecule has 196 valence electrons. The van der Waals surface area contributed by atoms with E-state index < -0.39 is 0 Å². The van der Waals surface area contributed by atoms with Gasteiger partial charge in [0.1, 0.15) is 0 Å². The highest BCUT2D eigenvalue weighted by molar-refractivity contribution is 6.28. The largest absolute Gasteiger partial charge is 0.387 e. The maximum atomic E-state index is 3.34. The minimum absolute atomic E-state index is 0.877. The molecule has 1 heteroatoms. The zero-order valence-electron chi connectivity index (χ0n) is 23.1. The zero-order valence-corrected chi connectivity index (χ0v) is 23.1. The topological polar surface area (TPSA) is 12.0 Å². The molecule has 1 aliphatic heterocycles. The number of fused-ring (bicyclic) bond motifs is 5. The normalized spacial score (nSPS) is 12.8. The highest BCUT2D eigenvalue weighted by Crippen LogP contribution is 2.58. The van der Waals surface area contributed by atoms with Crippen LogP contribution in [-0.2, 0) is 6.54 Å². The van der Waals surface area contributed by atoms with E-state index in [4.69, 9.17) is 0 Å². The van der Waals surface area contributed by atoms with Crippen LogP contribution in [0, 0.1) is 0 Å². The Morgan fingerprint density at radius 3 is 1.83 bits per heavy atom. The average Bonchev–Trinajstić information content (AvgIpc) is 3.39. The molecule has 0 saturated carbocycles. The molecule has 0 aromatic heterocycles. The molecule has 0 radical (unpaired) electrons. The monoisotopic (exact) mass is 533 g/mol. The summed E-state index contributed by atoms with van der Waals surface area (Å²) in [7, 11) is 0. The van der Waals surface area contributed by atoms with Crippen molar-refractivity contribution in [3.8, 4) is 55.6 Å². The second-order valence-electron chi connectivity index (χ2n) is 11.3. The van der Waals surface area contributed by atoms with Gasteiger partial charge in [-0.2, -0.15) is 0 Å². The predicted octanol–water partition coefficient (Wildman–Crippen LogP) is 10.7. The summed E-state index contributed by atoms with van der Waals surface area (Å²) in [6.07, 6.45) is 4.23. The number of nitrogens with one attached hydrogen (secondary N) is 1. The lowest BCUT2D eigenvalue weighted by Gasteiger charge is -2.20. The number of rotatable bonds is 3. The van der Waals surface area contributed by atoms with Crippen molar-refractivity contribution in [2.24, 2.45) is 0 Å². The molecule has 1 N–H and O–H groups in total. The second kappa shape index (κ2) is 9.06. The third-order valence-corrected chi connectivity index (χ3v) is 9.01. The molecule has 0 fully saturated rings. The van der Waals surface area contributed by atoms with E-state index in [-0.39, 0.29) is 0 Å². The Labute approximate surface area is 245 Å². The Balaban J connectivity index is 1.43. The molecule has 0 spiro atoms. The van der Waals surface area contributed by atoms with Crippen molar-refractivity contribution >= 4 is 27.6 Å². The molecule has 42 heavy (non-hydrogen) atoms. The Hall–Kier alpha value is -5.40. The van der Waals surface area contributed by atoms with Gasteiger partial charge < -0.3 is 5.32 Å². The fourth-order valence-corrected chi connectivity index (χ4v) is 7.19. The lowest BCUT2D eigenvalue weighted by Crippen LogP contribution is -2.09. The van der Waals surface area contributed by atoms with Crippen molar-refractivity contribution in [2.45, 2.75) is 6.54 Å². The number of benzene rings is 7. The molecule has 7 aromatic rings. The molecular weight excluding hydrogens is 506 g/mol. The summed E-state index contributed by atoms with van der Waals surface area (Å²) in [4.78, 5) is 0. The fourth-order valence-electron chi connectivity index (χ4n) is 7.19. The first-order valence-electron chi connectivity index (χ1n) is 14.7. The SMILES string of the molecule is C1=Cc2cc(-c3cc4c5c(cccc5c3)-c3c-4c(-c4ccccc4)c4ccccc4c3-c3ccccc3)ccc2CN1. The molecule has 7 aromatic carbocycles. The fraction of sp³-hybridized carbons (Fsp3) is 0.0244. The van der Waals surface area contributed by atoms with Crippen molar-refractivity contribution < 1.29 is 0 Å². The predicted molar refractivity (Wildman–Crippen MR) is 178 cm³/mol. The second-order valence-corrected chi connectivity index (χ2v) is 11.3. The van der Waals surface area contributed by atoms with E-state index in [0.29, 0.717) is 0 Å². The van der Waals surface area contributed by atoms with Crippen LogP contribution >= 0.6 is 0 Å². The first-order valence-corrected chi connectivity index (χ1v) is 14.7. The van der Waals surface area contributed by atoms with E-state index in [1.54, 1.807) is 0 Å². The summed E-state index contributed by atoms with van der Waals surface area (Å²) >= 11 is 0. The summed E-state index contributed by atoms with van der Waals surface area (Å²) in [6, 6.07) is 49.4. The molecule has 0 bridgehead atoms. The van der Waals surface area contributed by atoms with E-state index >= 15 is 0 Å². The molecule has 0 saturated heterocycles. The summed E-state index contributed by atoms with van der Waals surface area (Å²) in [5.74, 6) is 0. The summed E-state index contributed by atoms with van der Waals surface area (Å²) in [5, 5.41) is 8.55. The van der Waals surface area contributed by atoms with Crippen LogP contribution in [0.5, 0.6) is 0 Å². The van der Waals surface area contributed by atoms with Gasteiger partial charge in [0.2, 0.25) is 0 Å². The van der Waals surface area contributed by atoms with E-state index in [0.717, 1.165) is 6.54 Å². The van der Waals surface area contributed by atoms with Crippen LogP contribution in [0.25, 0.3) is 83.3 Å². The first kappa shape index (κ1) is 23.3. The maximum absolute atomic E-state index is 3.34. The third-order valence-electron chi connectivity index (χ3n) is 9.01. The van der Waals surface area contributed by atoms with E-state index in [9.17, 15) is 0 Å². The quantitative estimate of drug-likeness (QED) is 0.238. The van der Waals surface area contributed by atoms with Gasteiger partial charge in [0, 0.05) is 6.54 Å². The molecule has 0 amide bonds. The highest BCUT2D eigenvalue weighted by atomic mass is 14.8. The van der Waals surface area contributed by atoms with Crippen molar-refractivity contribution in [3.05, 3.63) is 151 Å². The van der Waals surface area contributed by atoms with Gasteiger partial charge in [0.15, 0.2) is 0 Å². The summed E-state index contributed by atoms with van der Waals surface area (Å²) in [6.45, 7) is 0.877. The van der Waals surface area contributed by atoms with Gasteiger partial charge in [0.25, 0.3) is 0 Å². The molecule has 0 atom stereocenters. The van der Waals surface area contributed by atoms with Crippen molar-refractivity contribution in [1.82, 2.24) is 5.32 Å². The van der Waals surface area contributed by atoms with Crippen LogP contribution in [0.2, 0.25) is 0 Å². The Morgan fingerprint density at radius 2 is 1.12 bits per heavy atom. The van der Waals surface area contributed by atoms with Crippen molar-refractivity contribution in [2.75, 3.05) is 0 Å². The van der Waals surface area contributed by atoms with Gasteiger partial charge in [-0.15, -0.1) is 0 Å². The van der Waals surface area contributed by atoms with Gasteiger partial charge >= 0.3 is 0 Å². The van der Waals surface area contributed by atoms with Gasteiger partial charge in [-0.3, -0.25) is 0 Å². The molecule has 1 heterocycles. The van der Waals surface area contributed by atoms with Crippen molar-refractivity contribution in [3.63, 3.8) is 0 Å². The molecular formula is C41H27N. The standard InChI is InChI=1S/C41H27N/c1-3-10-26(11-4-1)38-33-15-7-8-16-34(33)39(27-12-5-2-6-13-27)41-36-24-32(23-30-14-9-17-35(37(30)36)40(38)41)28-18-19-31-25-42-21-20-29(31)22-28/h1-24,42H,25H2. The Morgan fingerprint density at radius 1 is 0.452 bits per heavy atom. The minimum Gasteiger partial charge on any atom is -0.387 e. The first-order chi connectivity index (χ1) is 20.8. The van der Waals surface area contributed by atoms with Gasteiger partial charge in [0.05, 0.1) is 0 Å². The zero-order chi connectivity index (χ0) is 27.6. The lowest BCUT2D eigenvalue weighted by atomic mass is 9.82. The van der Waals surface area contributed by atoms with Gasteiger partial charge in [-0.05, 0) is 119 Å². The smallest absolute Gasteiger partial charge is 0.0401 e. The van der Waals surface area contributed by atoms with Gasteiger partial charge in [-0.25, -0.2) is 0 Å². The van der Waals surface area contributed by atoms with Crippen LogP contribution in [0.1, 0.15) is 11.1 Å². The number of hydrogen-bond donors (Lipinski definition) is 1. The Kier molecular flexibility index (Phi) is 5.03. The van der Waals surface area contributed by atoms with Gasteiger partial charge in [-0.1, -0.05) is 115 Å². The van der Waals surface area contributed by atoms with E-state index in [1.165, 1.54) is 88.3 Å². The third kappa shape index (κ3) is 3.37. The number of hydrogen-bond acceptors (Lipinski definition) is 1. The summed E-state index contributed by atoms with van der Waals surface area (Å²) in [5.41, 5.74) is 15.6. The van der Waals surface area contributed by atoms with Crippen LogP contribution in [0.3, 0.4) is 0 Å². The lowest BCUT2D eigenvalue weighted by molar-refractivity contribution is 0.859. The molecule has 2 aliphatic rings. The molecule has 1 nitrogen and oxygen atoms in total. The van der Waals surface area contributed by atoms with Crippen LogP contribution in [-0.4, -0.2) is 0 Å². The van der Waals surface area contributed by atoms with E-state index in [1.807, 2.05) is 0 Å². The van der Waals surface area contributed by atoms with Crippen LogP contribution in [0.4, 0.5) is 0 Å². The van der Waals surface area contributed by atoms with Crippen LogP contribution < -0.4 is 5.32 Å². The van der Waals surface area contributed by atoms with E-state index in [2.05, 4.69) is 151 Å². The summed E-state index contributed by atoms with van der Waals surface area (Å²) < 4.78 is 0. The highest BCUT2D eigenvalue weighted by Gasteiger charge is 2.30. The molecule has 9 rings (SSSR count). The molecule has 1 aliphatic carbocycles. The maximum Gasteiger partial charge on any atom is 0.0401 e. The van der Waals surface area contributed by atoms with Crippen LogP contribution in [0.15, 0.2) is 140 Å². The Bertz CT molecular complexity index is 2220.